The van der Waals surface area contributed by atoms with E-state index in [-0.39, 0.29) is 17.3 Å². The van der Waals surface area contributed by atoms with Gasteiger partial charge in [0.25, 0.3) is 0 Å². The van der Waals surface area contributed by atoms with Crippen LogP contribution in [0.15, 0.2) is 22.7 Å². The highest BCUT2D eigenvalue weighted by atomic mass is 79.9. The number of nitrogens with one attached hydrogen (secondary N) is 1. The number of rotatable bonds is 4. The fourth-order valence-corrected chi connectivity index (χ4v) is 2.01. The first-order chi connectivity index (χ1) is 8.81. The number of carboxylic acids is 1. The zero-order chi connectivity index (χ0) is 14.6. The number of urea groups is 1. The molecule has 0 atom stereocenters. The molecule has 1 aromatic carbocycles. The number of hydrogen-bond acceptors (Lipinski definition) is 2. The minimum atomic E-state index is -1.07. The van der Waals surface area contributed by atoms with Crippen molar-refractivity contribution >= 4 is 33.6 Å². The van der Waals surface area contributed by atoms with Crippen molar-refractivity contribution in [3.05, 3.63) is 28.2 Å². The molecule has 0 radical (unpaired) electrons. The van der Waals surface area contributed by atoms with Gasteiger partial charge in [0.05, 0.1) is 11.3 Å². The quantitative estimate of drug-likeness (QED) is 0.891. The number of carboxylic acid groups (broad SMARTS) is 1. The molecule has 19 heavy (non-hydrogen) atoms. The molecule has 0 bridgehead atoms. The highest BCUT2D eigenvalue weighted by molar-refractivity contribution is 9.10. The van der Waals surface area contributed by atoms with Crippen molar-refractivity contribution in [2.75, 3.05) is 18.9 Å². The number of halogens is 1. The molecule has 1 aromatic rings. The Kier molecular flexibility index (Phi) is 5.35. The molecule has 0 fully saturated rings. The molecule has 0 saturated heterocycles. The van der Waals surface area contributed by atoms with Gasteiger partial charge in [-0.25, -0.2) is 9.59 Å². The van der Waals surface area contributed by atoms with Crippen molar-refractivity contribution in [3.8, 4) is 0 Å². The fourth-order valence-electron chi connectivity index (χ4n) is 1.65. The zero-order valence-corrected chi connectivity index (χ0v) is 12.7. The predicted molar refractivity (Wildman–Crippen MR) is 77.6 cm³/mol. The summed E-state index contributed by atoms with van der Waals surface area (Å²) < 4.78 is 0.708. The second-order valence-electron chi connectivity index (χ2n) is 4.70. The van der Waals surface area contributed by atoms with Gasteiger partial charge in [0.15, 0.2) is 0 Å². The molecule has 0 aliphatic heterocycles. The lowest BCUT2D eigenvalue weighted by atomic mass is 10.2. The van der Waals surface area contributed by atoms with E-state index < -0.39 is 5.97 Å². The van der Waals surface area contributed by atoms with E-state index in [0.717, 1.165) is 0 Å². The molecule has 0 unspecified atom stereocenters. The van der Waals surface area contributed by atoms with Crippen LogP contribution in [-0.4, -0.2) is 35.6 Å². The van der Waals surface area contributed by atoms with E-state index in [1.54, 1.807) is 19.2 Å². The van der Waals surface area contributed by atoms with E-state index in [0.29, 0.717) is 16.9 Å². The molecule has 0 heterocycles. The number of nitrogens with zero attached hydrogens (tertiary/aromatic N) is 1. The molecule has 2 amide bonds. The standard InChI is InChI=1S/C13H17BrN2O3/c1-8(2)7-16(3)13(19)15-11-6-9(14)4-5-10(11)12(17)18/h4-6,8H,7H2,1-3H3,(H,15,19)(H,17,18). The lowest BCUT2D eigenvalue weighted by Crippen LogP contribution is -2.34. The summed E-state index contributed by atoms with van der Waals surface area (Å²) in [6, 6.07) is 4.32. The number of carbonyl (C=O) groups is 2. The van der Waals surface area contributed by atoms with Crippen LogP contribution in [0.4, 0.5) is 10.5 Å². The monoisotopic (exact) mass is 328 g/mol. The van der Waals surface area contributed by atoms with Crippen LogP contribution in [0.3, 0.4) is 0 Å². The van der Waals surface area contributed by atoms with Gasteiger partial charge >= 0.3 is 12.0 Å². The Morgan fingerprint density at radius 3 is 2.58 bits per heavy atom. The second kappa shape index (κ2) is 6.56. The highest BCUT2D eigenvalue weighted by Gasteiger charge is 2.15. The summed E-state index contributed by atoms with van der Waals surface area (Å²) in [4.78, 5) is 24.5. The molecule has 2 N–H and O–H groups in total. The average Bonchev–Trinajstić information content (AvgIpc) is 2.27. The van der Waals surface area contributed by atoms with Gasteiger partial charge in [-0.3, -0.25) is 0 Å². The van der Waals surface area contributed by atoms with Gasteiger partial charge < -0.3 is 15.3 Å². The molecule has 0 aliphatic carbocycles. The van der Waals surface area contributed by atoms with E-state index in [2.05, 4.69) is 21.2 Å². The van der Waals surface area contributed by atoms with Gasteiger partial charge in [-0.05, 0) is 24.1 Å². The van der Waals surface area contributed by atoms with E-state index in [9.17, 15) is 9.59 Å². The maximum absolute atomic E-state index is 11.9. The first-order valence-corrected chi connectivity index (χ1v) is 6.65. The Morgan fingerprint density at radius 2 is 2.05 bits per heavy atom. The molecule has 0 saturated carbocycles. The summed E-state index contributed by atoms with van der Waals surface area (Å²) in [6.07, 6.45) is 0. The van der Waals surface area contributed by atoms with Crippen molar-refractivity contribution in [2.45, 2.75) is 13.8 Å². The van der Waals surface area contributed by atoms with Crippen molar-refractivity contribution in [1.29, 1.82) is 0 Å². The summed E-state index contributed by atoms with van der Waals surface area (Å²) in [7, 11) is 1.67. The van der Waals surface area contributed by atoms with Gasteiger partial charge in [0.1, 0.15) is 0 Å². The molecule has 0 aromatic heterocycles. The Morgan fingerprint density at radius 1 is 1.42 bits per heavy atom. The molecule has 0 aliphatic rings. The Hall–Kier alpha value is -1.56. The van der Waals surface area contributed by atoms with Crippen molar-refractivity contribution < 1.29 is 14.7 Å². The van der Waals surface area contributed by atoms with Crippen LogP contribution in [0.25, 0.3) is 0 Å². The Bertz CT molecular complexity index is 489. The lowest BCUT2D eigenvalue weighted by Gasteiger charge is -2.20. The van der Waals surface area contributed by atoms with Crippen LogP contribution in [0.1, 0.15) is 24.2 Å². The second-order valence-corrected chi connectivity index (χ2v) is 5.62. The van der Waals surface area contributed by atoms with Crippen LogP contribution in [-0.2, 0) is 0 Å². The number of amides is 2. The maximum Gasteiger partial charge on any atom is 0.337 e. The Balaban J connectivity index is 2.89. The number of benzene rings is 1. The van der Waals surface area contributed by atoms with Crippen LogP contribution in [0.5, 0.6) is 0 Å². The molecule has 5 nitrogen and oxygen atoms in total. The normalized spacial score (nSPS) is 10.4. The third-order valence-electron chi connectivity index (χ3n) is 2.44. The highest BCUT2D eigenvalue weighted by Crippen LogP contribution is 2.22. The average molecular weight is 329 g/mol. The number of anilines is 1. The topological polar surface area (TPSA) is 69.6 Å². The van der Waals surface area contributed by atoms with Gasteiger partial charge in [0.2, 0.25) is 0 Å². The predicted octanol–water partition coefficient (Wildman–Crippen LogP) is 3.27. The minimum absolute atomic E-state index is 0.0643. The lowest BCUT2D eigenvalue weighted by molar-refractivity contribution is 0.0698. The molecule has 6 heteroatoms. The number of aromatic carboxylic acids is 1. The Labute approximate surface area is 120 Å². The first kappa shape index (κ1) is 15.5. The van der Waals surface area contributed by atoms with E-state index in [1.807, 2.05) is 13.8 Å². The van der Waals surface area contributed by atoms with Crippen molar-refractivity contribution in [1.82, 2.24) is 4.90 Å². The minimum Gasteiger partial charge on any atom is -0.478 e. The van der Waals surface area contributed by atoms with E-state index in [4.69, 9.17) is 5.11 Å². The van der Waals surface area contributed by atoms with E-state index in [1.165, 1.54) is 11.0 Å². The van der Waals surface area contributed by atoms with Gasteiger partial charge in [0, 0.05) is 18.1 Å². The summed E-state index contributed by atoms with van der Waals surface area (Å²) in [5.41, 5.74) is 0.344. The third kappa shape index (κ3) is 4.55. The zero-order valence-electron chi connectivity index (χ0n) is 11.1. The fraction of sp³-hybridized carbons (Fsp3) is 0.385. The molecular formula is C13H17BrN2O3. The van der Waals surface area contributed by atoms with Gasteiger partial charge in [-0.2, -0.15) is 0 Å². The van der Waals surface area contributed by atoms with Crippen LogP contribution < -0.4 is 5.32 Å². The third-order valence-corrected chi connectivity index (χ3v) is 2.93. The smallest absolute Gasteiger partial charge is 0.337 e. The number of hydrogen-bond donors (Lipinski definition) is 2. The molecule has 0 spiro atoms. The number of carbonyl (C=O) groups excluding carboxylic acids is 1. The summed E-state index contributed by atoms with van der Waals surface area (Å²) >= 11 is 3.25. The van der Waals surface area contributed by atoms with Crippen molar-refractivity contribution in [2.24, 2.45) is 5.92 Å². The molecule has 1 rings (SSSR count). The first-order valence-electron chi connectivity index (χ1n) is 5.86. The SMILES string of the molecule is CC(C)CN(C)C(=O)Nc1cc(Br)ccc1C(=O)O. The van der Waals surface area contributed by atoms with Crippen LogP contribution in [0.2, 0.25) is 0 Å². The molecule has 104 valence electrons. The summed E-state index contributed by atoms with van der Waals surface area (Å²) in [5.74, 6) is -0.730. The van der Waals surface area contributed by atoms with E-state index >= 15 is 0 Å². The molecular weight excluding hydrogens is 312 g/mol. The van der Waals surface area contributed by atoms with Gasteiger partial charge in [-0.1, -0.05) is 29.8 Å². The maximum atomic E-state index is 11.9. The van der Waals surface area contributed by atoms with Crippen LogP contribution in [0, 0.1) is 5.92 Å². The van der Waals surface area contributed by atoms with Gasteiger partial charge in [-0.15, -0.1) is 0 Å². The van der Waals surface area contributed by atoms with Crippen molar-refractivity contribution in [3.63, 3.8) is 0 Å². The summed E-state index contributed by atoms with van der Waals surface area (Å²) in [6.45, 7) is 4.61. The summed E-state index contributed by atoms with van der Waals surface area (Å²) in [5, 5.41) is 11.7. The van der Waals surface area contributed by atoms with Crippen LogP contribution >= 0.6 is 15.9 Å². The largest absolute Gasteiger partial charge is 0.478 e.